The highest BCUT2D eigenvalue weighted by molar-refractivity contribution is 6.33. The lowest BCUT2D eigenvalue weighted by Crippen LogP contribution is -2.15. The maximum Gasteiger partial charge on any atom is 0.274 e. The second-order valence-corrected chi connectivity index (χ2v) is 6.05. The summed E-state index contributed by atoms with van der Waals surface area (Å²) >= 11 is 6.08. The largest absolute Gasteiger partial charge is 0.324 e. The Kier molecular flexibility index (Phi) is 4.95. The molecule has 0 radical (unpaired) electrons. The minimum atomic E-state index is -0.342. The van der Waals surface area contributed by atoms with Crippen LogP contribution in [0.5, 0.6) is 0 Å². The van der Waals surface area contributed by atoms with Gasteiger partial charge in [-0.25, -0.2) is 9.97 Å². The van der Waals surface area contributed by atoms with E-state index in [4.69, 9.17) is 11.6 Å². The molecule has 1 aromatic heterocycles. The molecule has 0 atom stereocenters. The Balaban J connectivity index is 1.83. The predicted molar refractivity (Wildman–Crippen MR) is 101 cm³/mol. The number of nitrogens with zero attached hydrogens (tertiary/aromatic N) is 2. The highest BCUT2D eigenvalue weighted by atomic mass is 35.5. The van der Waals surface area contributed by atoms with Crippen molar-refractivity contribution in [1.82, 2.24) is 9.97 Å². The summed E-state index contributed by atoms with van der Waals surface area (Å²) in [7, 11) is 0. The zero-order valence-corrected chi connectivity index (χ0v) is 14.6. The van der Waals surface area contributed by atoms with Crippen LogP contribution in [0.1, 0.15) is 21.7 Å². The molecule has 2 aromatic carbocycles. The molecule has 0 aliphatic carbocycles. The summed E-state index contributed by atoms with van der Waals surface area (Å²) < 4.78 is 0. The summed E-state index contributed by atoms with van der Waals surface area (Å²) in [5.74, 6) is 0.0285. The smallest absolute Gasteiger partial charge is 0.274 e. The summed E-state index contributed by atoms with van der Waals surface area (Å²) in [6.45, 7) is 3.82. The zero-order valence-electron chi connectivity index (χ0n) is 13.9. The number of amides is 1. The van der Waals surface area contributed by atoms with Crippen LogP contribution in [0.25, 0.3) is 0 Å². The Morgan fingerprint density at radius 3 is 2.56 bits per heavy atom. The Morgan fingerprint density at radius 1 is 1.00 bits per heavy atom. The second kappa shape index (κ2) is 7.32. The maximum absolute atomic E-state index is 12.5. The molecule has 0 saturated carbocycles. The van der Waals surface area contributed by atoms with Gasteiger partial charge in [-0.15, -0.1) is 0 Å². The number of hydrogen-bond donors (Lipinski definition) is 2. The van der Waals surface area contributed by atoms with Crippen molar-refractivity contribution in [2.75, 3.05) is 10.6 Å². The van der Waals surface area contributed by atoms with Gasteiger partial charge in [0.2, 0.25) is 5.95 Å². The van der Waals surface area contributed by atoms with Gasteiger partial charge in [0.05, 0.1) is 10.7 Å². The van der Waals surface area contributed by atoms with Crippen molar-refractivity contribution in [1.29, 1.82) is 0 Å². The third-order valence-electron chi connectivity index (χ3n) is 3.48. The number of aryl methyl sites for hydroxylation is 2. The molecule has 0 aliphatic heterocycles. The second-order valence-electron chi connectivity index (χ2n) is 5.65. The molecule has 0 spiro atoms. The zero-order chi connectivity index (χ0) is 17.8. The summed E-state index contributed by atoms with van der Waals surface area (Å²) in [4.78, 5) is 21.1. The van der Waals surface area contributed by atoms with Crippen molar-refractivity contribution >= 4 is 34.8 Å². The van der Waals surface area contributed by atoms with E-state index in [9.17, 15) is 4.79 Å². The average Bonchev–Trinajstić information content (AvgIpc) is 2.56. The first kappa shape index (κ1) is 16.9. The van der Waals surface area contributed by atoms with Crippen LogP contribution in [0.15, 0.2) is 54.6 Å². The Bertz CT molecular complexity index is 927. The van der Waals surface area contributed by atoms with E-state index in [1.165, 1.54) is 0 Å². The van der Waals surface area contributed by atoms with E-state index in [2.05, 4.69) is 20.6 Å². The monoisotopic (exact) mass is 352 g/mol. The van der Waals surface area contributed by atoms with Crippen LogP contribution in [0.4, 0.5) is 17.3 Å². The fourth-order valence-corrected chi connectivity index (χ4v) is 2.52. The number of benzene rings is 2. The number of aromatic nitrogens is 2. The summed E-state index contributed by atoms with van der Waals surface area (Å²) in [6, 6.07) is 16.5. The predicted octanol–water partition coefficient (Wildman–Crippen LogP) is 4.74. The maximum atomic E-state index is 12.5. The van der Waals surface area contributed by atoms with Crippen molar-refractivity contribution in [3.8, 4) is 0 Å². The van der Waals surface area contributed by atoms with Crippen molar-refractivity contribution in [3.63, 3.8) is 0 Å². The van der Waals surface area contributed by atoms with Crippen molar-refractivity contribution < 1.29 is 4.79 Å². The van der Waals surface area contributed by atoms with Crippen LogP contribution in [-0.4, -0.2) is 15.9 Å². The number of para-hydroxylation sites is 1. The third kappa shape index (κ3) is 4.33. The van der Waals surface area contributed by atoms with Gasteiger partial charge in [-0.1, -0.05) is 35.9 Å². The third-order valence-corrected chi connectivity index (χ3v) is 3.81. The van der Waals surface area contributed by atoms with E-state index in [0.29, 0.717) is 22.4 Å². The number of rotatable bonds is 4. The molecule has 0 saturated heterocycles. The van der Waals surface area contributed by atoms with Crippen LogP contribution < -0.4 is 10.6 Å². The lowest BCUT2D eigenvalue weighted by molar-refractivity contribution is 0.102. The standard InChI is InChI=1S/C19H17ClN4O/c1-12-6-5-7-14(10-12)22-19-21-13(2)11-17(24-19)18(25)23-16-9-4-3-8-15(16)20/h3-11H,1-2H3,(H,23,25)(H,21,22,24). The lowest BCUT2D eigenvalue weighted by Gasteiger charge is -2.10. The van der Waals surface area contributed by atoms with Gasteiger partial charge in [-0.2, -0.15) is 0 Å². The van der Waals surface area contributed by atoms with E-state index >= 15 is 0 Å². The first-order chi connectivity index (χ1) is 12.0. The van der Waals surface area contributed by atoms with Gasteiger partial charge in [0.1, 0.15) is 5.69 Å². The molecular weight excluding hydrogens is 336 g/mol. The lowest BCUT2D eigenvalue weighted by atomic mass is 10.2. The van der Waals surface area contributed by atoms with E-state index < -0.39 is 0 Å². The molecule has 2 N–H and O–H groups in total. The van der Waals surface area contributed by atoms with Gasteiger partial charge in [0, 0.05) is 11.4 Å². The number of anilines is 3. The molecule has 3 aromatic rings. The van der Waals surface area contributed by atoms with Gasteiger partial charge in [-0.05, 0) is 49.7 Å². The van der Waals surface area contributed by atoms with Crippen molar-refractivity contribution in [3.05, 3.63) is 76.6 Å². The summed E-state index contributed by atoms with van der Waals surface area (Å²) in [5, 5.41) is 6.36. The molecule has 1 amide bonds. The first-order valence-corrected chi connectivity index (χ1v) is 8.14. The molecule has 1 heterocycles. The molecule has 0 fully saturated rings. The number of nitrogens with one attached hydrogen (secondary N) is 2. The molecule has 0 bridgehead atoms. The number of carbonyl (C=O) groups is 1. The van der Waals surface area contributed by atoms with Gasteiger partial charge in [0.15, 0.2) is 0 Å². The SMILES string of the molecule is Cc1cccc(Nc2nc(C)cc(C(=O)Nc3ccccc3Cl)n2)c1. The minimum absolute atomic E-state index is 0.266. The Hall–Kier alpha value is -2.92. The fourth-order valence-electron chi connectivity index (χ4n) is 2.34. The molecule has 0 unspecified atom stereocenters. The summed E-state index contributed by atoms with van der Waals surface area (Å²) in [5.41, 5.74) is 3.48. The van der Waals surface area contributed by atoms with Crippen LogP contribution >= 0.6 is 11.6 Å². The highest BCUT2D eigenvalue weighted by Crippen LogP contribution is 2.21. The highest BCUT2D eigenvalue weighted by Gasteiger charge is 2.12. The first-order valence-electron chi connectivity index (χ1n) is 7.76. The summed E-state index contributed by atoms with van der Waals surface area (Å²) in [6.07, 6.45) is 0. The quantitative estimate of drug-likeness (QED) is 0.711. The van der Waals surface area contributed by atoms with Gasteiger partial charge < -0.3 is 10.6 Å². The fraction of sp³-hybridized carbons (Fsp3) is 0.105. The van der Waals surface area contributed by atoms with Gasteiger partial charge in [-0.3, -0.25) is 4.79 Å². The van der Waals surface area contributed by atoms with Gasteiger partial charge >= 0.3 is 0 Å². The number of carbonyl (C=O) groups excluding carboxylic acids is 1. The molecule has 0 aliphatic rings. The van der Waals surface area contributed by atoms with Crippen LogP contribution in [0.3, 0.4) is 0 Å². The van der Waals surface area contributed by atoms with Crippen LogP contribution in [-0.2, 0) is 0 Å². The number of halogens is 1. The van der Waals surface area contributed by atoms with Crippen molar-refractivity contribution in [2.45, 2.75) is 13.8 Å². The average molecular weight is 353 g/mol. The molecule has 126 valence electrons. The Labute approximate surface area is 151 Å². The molecule has 6 heteroatoms. The van der Waals surface area contributed by atoms with Gasteiger partial charge in [0.25, 0.3) is 5.91 Å². The molecule has 3 rings (SSSR count). The topological polar surface area (TPSA) is 66.9 Å². The van der Waals surface area contributed by atoms with Crippen LogP contribution in [0.2, 0.25) is 5.02 Å². The van der Waals surface area contributed by atoms with E-state index in [1.54, 1.807) is 30.3 Å². The van der Waals surface area contributed by atoms with E-state index in [1.807, 2.05) is 38.1 Å². The molecule has 25 heavy (non-hydrogen) atoms. The minimum Gasteiger partial charge on any atom is -0.324 e. The molecule has 5 nitrogen and oxygen atoms in total. The number of hydrogen-bond acceptors (Lipinski definition) is 4. The van der Waals surface area contributed by atoms with Crippen LogP contribution in [0, 0.1) is 13.8 Å². The Morgan fingerprint density at radius 2 is 1.80 bits per heavy atom. The van der Waals surface area contributed by atoms with Crippen molar-refractivity contribution in [2.24, 2.45) is 0 Å². The normalized spacial score (nSPS) is 10.4. The van der Waals surface area contributed by atoms with E-state index in [-0.39, 0.29) is 11.6 Å². The molecular formula is C19H17ClN4O. The van der Waals surface area contributed by atoms with E-state index in [0.717, 1.165) is 11.3 Å².